The van der Waals surface area contributed by atoms with Gasteiger partial charge in [-0.1, -0.05) is 12.1 Å². The Balaban J connectivity index is 2.18. The van der Waals surface area contributed by atoms with Crippen LogP contribution in [0, 0.1) is 24.1 Å². The highest BCUT2D eigenvalue weighted by Crippen LogP contribution is 2.24. The van der Waals surface area contributed by atoms with Gasteiger partial charge in [0.25, 0.3) is 0 Å². The third kappa shape index (κ3) is 2.09. The molecule has 3 aromatic rings. The summed E-state index contributed by atoms with van der Waals surface area (Å²) >= 11 is 0. The number of carbonyl (C=O) groups is 1. The SMILES string of the molecule is Cc1cccc(C(=O)c2c[nH]c3ccc(C#N)cc23)c1F. The second kappa shape index (κ2) is 4.88. The number of aromatic nitrogens is 1. The largest absolute Gasteiger partial charge is 0.360 e. The van der Waals surface area contributed by atoms with Gasteiger partial charge in [-0.2, -0.15) is 5.26 Å². The molecule has 2 aromatic carbocycles. The molecule has 102 valence electrons. The van der Waals surface area contributed by atoms with E-state index in [1.807, 2.05) is 6.07 Å². The molecule has 0 atom stereocenters. The minimum absolute atomic E-state index is 0.0401. The summed E-state index contributed by atoms with van der Waals surface area (Å²) in [6, 6.07) is 11.8. The first-order valence-corrected chi connectivity index (χ1v) is 6.43. The van der Waals surface area contributed by atoms with Crippen LogP contribution >= 0.6 is 0 Å². The van der Waals surface area contributed by atoms with Crippen molar-refractivity contribution in [2.75, 3.05) is 0 Å². The molecule has 0 amide bonds. The molecule has 1 aromatic heterocycles. The number of ketones is 1. The summed E-state index contributed by atoms with van der Waals surface area (Å²) < 4.78 is 14.1. The topological polar surface area (TPSA) is 56.6 Å². The second-order valence-electron chi connectivity index (χ2n) is 4.84. The average molecular weight is 278 g/mol. The van der Waals surface area contributed by atoms with E-state index < -0.39 is 11.6 Å². The number of H-pyrrole nitrogens is 1. The van der Waals surface area contributed by atoms with Crippen molar-refractivity contribution >= 4 is 16.7 Å². The lowest BCUT2D eigenvalue weighted by atomic mass is 9.99. The monoisotopic (exact) mass is 278 g/mol. The maximum Gasteiger partial charge on any atom is 0.198 e. The molecule has 3 nitrogen and oxygen atoms in total. The van der Waals surface area contributed by atoms with Crippen molar-refractivity contribution in [3.8, 4) is 6.07 Å². The van der Waals surface area contributed by atoms with Gasteiger partial charge in [-0.15, -0.1) is 0 Å². The van der Waals surface area contributed by atoms with E-state index in [1.165, 1.54) is 6.07 Å². The van der Waals surface area contributed by atoms with Crippen molar-refractivity contribution in [2.45, 2.75) is 6.92 Å². The van der Waals surface area contributed by atoms with Crippen LogP contribution in [0.3, 0.4) is 0 Å². The van der Waals surface area contributed by atoms with Crippen molar-refractivity contribution in [1.29, 1.82) is 5.26 Å². The van der Waals surface area contributed by atoms with Crippen LogP contribution in [0.4, 0.5) is 4.39 Å². The van der Waals surface area contributed by atoms with Gasteiger partial charge in [0.2, 0.25) is 0 Å². The van der Waals surface area contributed by atoms with Gasteiger partial charge >= 0.3 is 0 Å². The van der Waals surface area contributed by atoms with Gasteiger partial charge in [0.1, 0.15) is 5.82 Å². The number of hydrogen-bond donors (Lipinski definition) is 1. The maximum absolute atomic E-state index is 14.1. The minimum Gasteiger partial charge on any atom is -0.360 e. The molecule has 4 heteroatoms. The van der Waals surface area contributed by atoms with Crippen LogP contribution in [0.5, 0.6) is 0 Å². The highest BCUT2D eigenvalue weighted by atomic mass is 19.1. The Bertz CT molecular complexity index is 903. The summed E-state index contributed by atoms with van der Waals surface area (Å²) in [5.74, 6) is -0.897. The predicted octanol–water partition coefficient (Wildman–Crippen LogP) is 3.72. The molecule has 0 aliphatic heterocycles. The highest BCUT2D eigenvalue weighted by molar-refractivity contribution is 6.16. The molecule has 1 heterocycles. The molecular weight excluding hydrogens is 267 g/mol. The molecule has 0 radical (unpaired) electrons. The Morgan fingerprint density at radius 1 is 1.24 bits per heavy atom. The van der Waals surface area contributed by atoms with E-state index in [0.717, 1.165) is 5.52 Å². The molecule has 0 spiro atoms. The summed E-state index contributed by atoms with van der Waals surface area (Å²) in [7, 11) is 0. The van der Waals surface area contributed by atoms with Gasteiger partial charge in [0.05, 0.1) is 17.2 Å². The lowest BCUT2D eigenvalue weighted by Crippen LogP contribution is -2.04. The number of aryl methyl sites for hydroxylation is 1. The molecule has 21 heavy (non-hydrogen) atoms. The molecule has 1 N–H and O–H groups in total. The van der Waals surface area contributed by atoms with Crippen molar-refractivity contribution in [3.63, 3.8) is 0 Å². The Kier molecular flexibility index (Phi) is 3.03. The van der Waals surface area contributed by atoms with Crippen molar-refractivity contribution < 1.29 is 9.18 Å². The zero-order valence-electron chi connectivity index (χ0n) is 11.3. The number of aromatic amines is 1. The van der Waals surface area contributed by atoms with Crippen LogP contribution in [0.25, 0.3) is 10.9 Å². The Morgan fingerprint density at radius 3 is 2.81 bits per heavy atom. The van der Waals surface area contributed by atoms with Crippen LogP contribution in [-0.2, 0) is 0 Å². The first-order valence-electron chi connectivity index (χ1n) is 6.43. The van der Waals surface area contributed by atoms with E-state index in [1.54, 1.807) is 43.5 Å². The summed E-state index contributed by atoms with van der Waals surface area (Å²) in [6.07, 6.45) is 1.55. The first kappa shape index (κ1) is 13.1. The van der Waals surface area contributed by atoms with Crippen LogP contribution < -0.4 is 0 Å². The van der Waals surface area contributed by atoms with Gasteiger partial charge in [0.15, 0.2) is 5.78 Å². The Morgan fingerprint density at radius 2 is 2.05 bits per heavy atom. The van der Waals surface area contributed by atoms with Crippen LogP contribution in [0.2, 0.25) is 0 Å². The van der Waals surface area contributed by atoms with E-state index in [9.17, 15) is 9.18 Å². The van der Waals surface area contributed by atoms with E-state index >= 15 is 0 Å². The fourth-order valence-electron chi connectivity index (χ4n) is 2.35. The fourth-order valence-corrected chi connectivity index (χ4v) is 2.35. The molecule has 0 bridgehead atoms. The molecular formula is C17H11FN2O. The zero-order valence-corrected chi connectivity index (χ0v) is 11.3. The molecule has 0 unspecified atom stereocenters. The van der Waals surface area contributed by atoms with Gasteiger partial charge in [0, 0.05) is 22.7 Å². The van der Waals surface area contributed by atoms with Crippen LogP contribution in [0.15, 0.2) is 42.6 Å². The van der Waals surface area contributed by atoms with E-state index in [4.69, 9.17) is 5.26 Å². The molecule has 0 aliphatic carbocycles. The normalized spacial score (nSPS) is 10.5. The van der Waals surface area contributed by atoms with Crippen molar-refractivity contribution in [2.24, 2.45) is 0 Å². The zero-order chi connectivity index (χ0) is 15.0. The Hall–Kier alpha value is -2.93. The summed E-state index contributed by atoms with van der Waals surface area (Å²) in [5, 5.41) is 9.58. The number of carbonyl (C=O) groups excluding carboxylic acids is 1. The third-order valence-corrected chi connectivity index (χ3v) is 3.49. The molecule has 0 saturated heterocycles. The lowest BCUT2D eigenvalue weighted by Gasteiger charge is -2.04. The number of hydrogen-bond acceptors (Lipinski definition) is 2. The number of rotatable bonds is 2. The molecule has 0 saturated carbocycles. The fraction of sp³-hybridized carbons (Fsp3) is 0.0588. The number of nitrogens with one attached hydrogen (secondary N) is 1. The van der Waals surface area contributed by atoms with Crippen LogP contribution in [0.1, 0.15) is 27.0 Å². The van der Waals surface area contributed by atoms with E-state index in [0.29, 0.717) is 22.1 Å². The van der Waals surface area contributed by atoms with E-state index in [2.05, 4.69) is 4.98 Å². The number of nitrogens with zero attached hydrogens (tertiary/aromatic N) is 1. The summed E-state index contributed by atoms with van der Waals surface area (Å²) in [4.78, 5) is 15.5. The average Bonchev–Trinajstić information content (AvgIpc) is 2.92. The third-order valence-electron chi connectivity index (χ3n) is 3.49. The van der Waals surface area contributed by atoms with Gasteiger partial charge in [-0.3, -0.25) is 4.79 Å². The highest BCUT2D eigenvalue weighted by Gasteiger charge is 2.18. The first-order chi connectivity index (χ1) is 10.1. The quantitative estimate of drug-likeness (QED) is 0.726. The molecule has 3 rings (SSSR count). The molecule has 0 aliphatic rings. The lowest BCUT2D eigenvalue weighted by molar-refractivity contribution is 0.103. The standard InChI is InChI=1S/C17H11FN2O/c1-10-3-2-4-12(16(10)18)17(21)14-9-20-15-6-5-11(8-19)7-13(14)15/h2-7,9,20H,1H3. The smallest absolute Gasteiger partial charge is 0.198 e. The number of benzene rings is 2. The van der Waals surface area contributed by atoms with Gasteiger partial charge < -0.3 is 4.98 Å². The summed E-state index contributed by atoms with van der Waals surface area (Å²) in [6.45, 7) is 1.62. The number of halogens is 1. The second-order valence-corrected chi connectivity index (χ2v) is 4.84. The number of nitriles is 1. The Labute approximate surface area is 120 Å². The molecule has 0 fully saturated rings. The maximum atomic E-state index is 14.1. The number of fused-ring (bicyclic) bond motifs is 1. The van der Waals surface area contributed by atoms with Gasteiger partial charge in [-0.05, 0) is 36.8 Å². The van der Waals surface area contributed by atoms with Gasteiger partial charge in [-0.25, -0.2) is 4.39 Å². The van der Waals surface area contributed by atoms with Crippen molar-refractivity contribution in [1.82, 2.24) is 4.98 Å². The van der Waals surface area contributed by atoms with E-state index in [-0.39, 0.29) is 5.56 Å². The predicted molar refractivity (Wildman–Crippen MR) is 77.6 cm³/mol. The van der Waals surface area contributed by atoms with Crippen LogP contribution in [-0.4, -0.2) is 10.8 Å². The minimum atomic E-state index is -0.506. The summed E-state index contributed by atoms with van der Waals surface area (Å²) in [5.41, 5.74) is 2.04. The van der Waals surface area contributed by atoms with Crippen molar-refractivity contribution in [3.05, 3.63) is 70.7 Å².